The lowest BCUT2D eigenvalue weighted by Crippen LogP contribution is -2.53. The molecule has 9 heteroatoms. The summed E-state index contributed by atoms with van der Waals surface area (Å²) in [7, 11) is 0. The summed E-state index contributed by atoms with van der Waals surface area (Å²) in [5.41, 5.74) is 2.72. The third-order valence-corrected chi connectivity index (χ3v) is 12.0. The van der Waals surface area contributed by atoms with Crippen LogP contribution in [-0.4, -0.2) is 82.6 Å². The maximum absolute atomic E-state index is 14.9. The van der Waals surface area contributed by atoms with Crippen LogP contribution in [0.15, 0.2) is 78.9 Å². The molecule has 2 aromatic rings. The molecule has 0 bridgehead atoms. The maximum atomic E-state index is 14.9. The van der Waals surface area contributed by atoms with Crippen LogP contribution in [0.5, 0.6) is 0 Å². The van der Waals surface area contributed by atoms with Gasteiger partial charge in [0.05, 0.1) is 16.6 Å². The van der Waals surface area contributed by atoms with Crippen molar-refractivity contribution in [2.75, 3.05) is 54.0 Å². The van der Waals surface area contributed by atoms with Crippen molar-refractivity contribution in [2.45, 2.75) is 62.0 Å². The molecule has 1 N–H and O–H groups in total. The lowest BCUT2D eigenvalue weighted by atomic mass is 9.74. The highest BCUT2D eigenvalue weighted by Crippen LogP contribution is 2.65. The van der Waals surface area contributed by atoms with Crippen molar-refractivity contribution in [3.63, 3.8) is 0 Å². The molecular weight excluding hydrogens is 596 g/mol. The van der Waals surface area contributed by atoms with Gasteiger partial charge in [0, 0.05) is 61.1 Å². The number of benzene rings is 2. The average Bonchev–Trinajstić information content (AvgIpc) is 3.32. The predicted molar refractivity (Wildman–Crippen MR) is 186 cm³/mol. The molecule has 0 saturated carbocycles. The minimum absolute atomic E-state index is 0.0704. The van der Waals surface area contributed by atoms with E-state index in [-0.39, 0.29) is 24.3 Å². The highest BCUT2D eigenvalue weighted by Gasteiger charge is 2.74. The number of rotatable bonds is 11. The molecule has 2 fully saturated rings. The van der Waals surface area contributed by atoms with Gasteiger partial charge in [-0.3, -0.25) is 14.4 Å². The first-order valence-electron chi connectivity index (χ1n) is 16.8. The lowest BCUT2D eigenvalue weighted by molar-refractivity contribution is -0.139. The minimum atomic E-state index is -0.881. The normalized spacial score (nSPS) is 28.7. The molecule has 0 aliphatic carbocycles. The third-order valence-electron chi connectivity index (χ3n) is 10.2. The number of unbranched alkanes of at least 4 members (excludes halogenated alkanes) is 3. The molecule has 4 aliphatic heterocycles. The number of thioether (sulfide) groups is 1. The van der Waals surface area contributed by atoms with E-state index in [0.717, 1.165) is 55.8 Å². The number of aliphatic hydroxyl groups excluding tert-OH is 1. The van der Waals surface area contributed by atoms with Gasteiger partial charge in [0.15, 0.2) is 0 Å². The van der Waals surface area contributed by atoms with E-state index in [2.05, 4.69) is 50.0 Å². The van der Waals surface area contributed by atoms with Gasteiger partial charge in [0.25, 0.3) is 5.91 Å². The Balaban J connectivity index is 1.39. The predicted octanol–water partition coefficient (Wildman–Crippen LogP) is 5.28. The molecule has 3 amide bonds. The van der Waals surface area contributed by atoms with Crippen molar-refractivity contribution in [3.05, 3.63) is 78.9 Å². The minimum Gasteiger partial charge on any atom is -0.396 e. The van der Waals surface area contributed by atoms with E-state index < -0.39 is 27.4 Å². The second-order valence-electron chi connectivity index (χ2n) is 12.9. The molecule has 6 rings (SSSR count). The molecule has 2 saturated heterocycles. The van der Waals surface area contributed by atoms with E-state index in [1.54, 1.807) is 26.5 Å². The van der Waals surface area contributed by atoms with E-state index in [4.69, 9.17) is 0 Å². The van der Waals surface area contributed by atoms with Gasteiger partial charge in [0.1, 0.15) is 6.04 Å². The van der Waals surface area contributed by atoms with E-state index >= 15 is 0 Å². The van der Waals surface area contributed by atoms with Crippen molar-refractivity contribution >= 4 is 46.5 Å². The Bertz CT molecular complexity index is 1490. The summed E-state index contributed by atoms with van der Waals surface area (Å²) in [5.74, 6) is -1.57. The summed E-state index contributed by atoms with van der Waals surface area (Å²) < 4.78 is -1.54. The maximum Gasteiger partial charge on any atom is 0.251 e. The van der Waals surface area contributed by atoms with Crippen LogP contribution in [0.25, 0.3) is 0 Å². The summed E-state index contributed by atoms with van der Waals surface area (Å²) in [6.45, 7) is 9.54. The first-order chi connectivity index (χ1) is 22.3. The zero-order valence-corrected chi connectivity index (χ0v) is 28.0. The molecule has 1 unspecified atom stereocenters. The van der Waals surface area contributed by atoms with Crippen LogP contribution in [0.3, 0.4) is 0 Å². The summed E-state index contributed by atoms with van der Waals surface area (Å²) in [6, 6.07) is 17.0. The molecule has 4 heterocycles. The molecule has 5 atom stereocenters. The topological polar surface area (TPSA) is 84.4 Å². The van der Waals surface area contributed by atoms with Gasteiger partial charge in [-0.05, 0) is 70.0 Å². The Kier molecular flexibility index (Phi) is 9.35. The standard InChI is InChI=1S/C37H46N4O4S/c1-4-38(5-2)27-17-19-29(20-18-27)40-25-14-22-37-31(34(44)41(32(37)35(40)45)23-11-6-7-12-26-42)30-33(43)39(28-15-9-8-10-16-28)24-13-21-36(30,3)46-37/h8-10,13-22,30-32,42H,4-7,11-12,23-26H2,1-3H3/t30-,31+,32?,36+,37+/m1/s1. The van der Waals surface area contributed by atoms with Crippen molar-refractivity contribution in [2.24, 2.45) is 11.8 Å². The quantitative estimate of drug-likeness (QED) is 0.265. The highest BCUT2D eigenvalue weighted by molar-refractivity contribution is 8.02. The fourth-order valence-electron chi connectivity index (χ4n) is 8.01. The van der Waals surface area contributed by atoms with Crippen molar-refractivity contribution in [1.29, 1.82) is 0 Å². The first-order valence-corrected chi connectivity index (χ1v) is 17.6. The number of likely N-dealkylation sites (tertiary alicyclic amines) is 1. The molecule has 4 aliphatic rings. The van der Waals surface area contributed by atoms with E-state index in [0.29, 0.717) is 19.6 Å². The Morgan fingerprint density at radius 3 is 2.09 bits per heavy atom. The molecule has 2 aromatic carbocycles. The number of fused-ring (bicyclic) bond motifs is 2. The van der Waals surface area contributed by atoms with Gasteiger partial charge in [-0.15, -0.1) is 11.8 Å². The van der Waals surface area contributed by atoms with Crippen molar-refractivity contribution < 1.29 is 19.5 Å². The molecule has 0 radical (unpaired) electrons. The number of carbonyl (C=O) groups is 3. The zero-order chi connectivity index (χ0) is 32.5. The molecular formula is C37H46N4O4S. The highest BCUT2D eigenvalue weighted by atomic mass is 32.2. The first kappa shape index (κ1) is 32.4. The van der Waals surface area contributed by atoms with Crippen LogP contribution >= 0.6 is 11.8 Å². The summed E-state index contributed by atoms with van der Waals surface area (Å²) >= 11 is 1.62. The Morgan fingerprint density at radius 2 is 1.41 bits per heavy atom. The van der Waals surface area contributed by atoms with Crippen LogP contribution in [-0.2, 0) is 14.4 Å². The Hall–Kier alpha value is -3.56. The number of hydrogen-bond acceptors (Lipinski definition) is 6. The molecule has 0 aromatic heterocycles. The Labute approximate surface area is 277 Å². The molecule has 46 heavy (non-hydrogen) atoms. The van der Waals surface area contributed by atoms with Gasteiger partial charge >= 0.3 is 0 Å². The van der Waals surface area contributed by atoms with Crippen molar-refractivity contribution in [1.82, 2.24) is 4.90 Å². The second-order valence-corrected chi connectivity index (χ2v) is 14.7. The largest absolute Gasteiger partial charge is 0.396 e. The van der Waals surface area contributed by atoms with Crippen LogP contribution in [0.1, 0.15) is 46.5 Å². The molecule has 1 spiro atoms. The smallest absolute Gasteiger partial charge is 0.251 e. The number of hydrogen-bond donors (Lipinski definition) is 1. The summed E-state index contributed by atoms with van der Waals surface area (Å²) in [5, 5.41) is 9.28. The van der Waals surface area contributed by atoms with Gasteiger partial charge in [0.2, 0.25) is 11.8 Å². The fraction of sp³-hybridized carbons (Fsp3) is 0.486. The van der Waals surface area contributed by atoms with Gasteiger partial charge in [-0.1, -0.05) is 55.3 Å². The number of carbonyl (C=O) groups excluding carboxylic acids is 3. The number of aliphatic hydroxyl groups is 1. The number of nitrogens with zero attached hydrogens (tertiary/aromatic N) is 4. The van der Waals surface area contributed by atoms with Crippen LogP contribution < -0.4 is 14.7 Å². The van der Waals surface area contributed by atoms with E-state index in [1.807, 2.05) is 54.6 Å². The summed E-state index contributed by atoms with van der Waals surface area (Å²) in [4.78, 5) is 51.8. The van der Waals surface area contributed by atoms with E-state index in [9.17, 15) is 19.5 Å². The zero-order valence-electron chi connectivity index (χ0n) is 27.2. The summed E-state index contributed by atoms with van der Waals surface area (Å²) in [6.07, 6.45) is 11.4. The van der Waals surface area contributed by atoms with Crippen molar-refractivity contribution in [3.8, 4) is 0 Å². The van der Waals surface area contributed by atoms with Gasteiger partial charge < -0.3 is 24.7 Å². The van der Waals surface area contributed by atoms with Crippen LogP contribution in [0, 0.1) is 11.8 Å². The van der Waals surface area contributed by atoms with Gasteiger partial charge in [-0.25, -0.2) is 0 Å². The van der Waals surface area contributed by atoms with E-state index in [1.165, 1.54) is 0 Å². The molecule has 8 nitrogen and oxygen atoms in total. The van der Waals surface area contributed by atoms with Gasteiger partial charge in [-0.2, -0.15) is 0 Å². The SMILES string of the molecule is CCN(CC)c1ccc(N2CC=C[C@]34S[C@@]5(C)C=CCN(c6ccccc6)C(=O)[C@H]5[C@H]3C(=O)N(CCCCCCO)C4C2=O)cc1. The number of anilines is 3. The second kappa shape index (κ2) is 13.3. The number of para-hydroxylation sites is 1. The Morgan fingerprint density at radius 1 is 0.783 bits per heavy atom. The molecule has 244 valence electrons. The fourth-order valence-corrected chi connectivity index (χ4v) is 10.2. The number of amides is 3. The van der Waals surface area contributed by atoms with Crippen LogP contribution in [0.4, 0.5) is 17.1 Å². The lowest BCUT2D eigenvalue weighted by Gasteiger charge is -2.37. The van der Waals surface area contributed by atoms with Crippen LogP contribution in [0.2, 0.25) is 0 Å². The third kappa shape index (κ3) is 5.45. The monoisotopic (exact) mass is 642 g/mol. The average molecular weight is 643 g/mol.